The minimum atomic E-state index is -4.83. The summed E-state index contributed by atoms with van der Waals surface area (Å²) >= 11 is 0. The van der Waals surface area contributed by atoms with Crippen molar-refractivity contribution in [3.05, 3.63) is 36.4 Å². The second-order valence-electron chi connectivity index (χ2n) is 7.26. The summed E-state index contributed by atoms with van der Waals surface area (Å²) in [7, 11) is -3.83. The lowest BCUT2D eigenvalue weighted by atomic mass is 10.3. The van der Waals surface area contributed by atoms with E-state index in [1.54, 1.807) is 0 Å². The van der Waals surface area contributed by atoms with Gasteiger partial charge in [-0.1, -0.05) is 0 Å². The zero-order valence-corrected chi connectivity index (χ0v) is 17.8. The third kappa shape index (κ3) is 5.22. The number of hydrogen-bond donors (Lipinski definition) is 0. The zero-order chi connectivity index (χ0) is 22.8. The lowest BCUT2D eigenvalue weighted by molar-refractivity contribution is -0.274. The molecule has 0 radical (unpaired) electrons. The average Bonchev–Trinajstić information content (AvgIpc) is 2.79. The molecule has 0 atom stereocenters. The molecule has 9 nitrogen and oxygen atoms in total. The van der Waals surface area contributed by atoms with Crippen molar-refractivity contribution in [2.45, 2.75) is 11.3 Å². The van der Waals surface area contributed by atoms with E-state index in [2.05, 4.69) is 19.8 Å². The molecule has 0 spiro atoms. The van der Waals surface area contributed by atoms with Crippen molar-refractivity contribution in [3.8, 4) is 5.75 Å². The Morgan fingerprint density at radius 1 is 0.812 bits per heavy atom. The maximum Gasteiger partial charge on any atom is 0.573 e. The molecular weight excluding hydrogens is 451 g/mol. The van der Waals surface area contributed by atoms with Crippen LogP contribution in [-0.2, 0) is 14.8 Å². The molecule has 0 bridgehead atoms. The molecule has 0 aliphatic carbocycles. The van der Waals surface area contributed by atoms with E-state index in [0.717, 1.165) is 43.2 Å². The van der Waals surface area contributed by atoms with Crippen molar-refractivity contribution >= 4 is 21.7 Å². The van der Waals surface area contributed by atoms with Gasteiger partial charge in [0.05, 0.1) is 18.1 Å². The molecule has 13 heteroatoms. The molecule has 2 aliphatic heterocycles. The smallest absolute Gasteiger partial charge is 0.406 e. The Hall–Kier alpha value is -2.64. The summed E-state index contributed by atoms with van der Waals surface area (Å²) in [4.78, 5) is 3.95. The number of benzene rings is 1. The number of piperazine rings is 1. The Labute approximate surface area is 183 Å². The topological polar surface area (TPSA) is 88.1 Å². The van der Waals surface area contributed by atoms with Crippen molar-refractivity contribution in [3.63, 3.8) is 0 Å². The predicted molar refractivity (Wildman–Crippen MR) is 109 cm³/mol. The van der Waals surface area contributed by atoms with E-state index in [9.17, 15) is 21.6 Å². The molecule has 2 fully saturated rings. The standard InChI is InChI=1S/C19H22F3N5O4S/c20-19(21,22)31-15-1-3-16(4-2-15)32(28,29)27-9-7-25(8-10-27)17-5-6-18(24-23-17)26-11-13-30-14-12-26/h1-6H,7-14H2. The van der Waals surface area contributed by atoms with Crippen LogP contribution in [-0.4, -0.2) is 81.8 Å². The monoisotopic (exact) mass is 473 g/mol. The molecule has 2 aliphatic rings. The van der Waals surface area contributed by atoms with Gasteiger partial charge in [0.1, 0.15) is 5.75 Å². The Kier molecular flexibility index (Phi) is 6.40. The van der Waals surface area contributed by atoms with E-state index in [4.69, 9.17) is 4.74 Å². The molecule has 0 saturated carbocycles. The van der Waals surface area contributed by atoms with Crippen molar-refractivity contribution in [1.29, 1.82) is 0 Å². The van der Waals surface area contributed by atoms with Crippen LogP contribution in [0.3, 0.4) is 0 Å². The van der Waals surface area contributed by atoms with Gasteiger partial charge in [-0.25, -0.2) is 8.42 Å². The first-order chi connectivity index (χ1) is 15.2. The molecular formula is C19H22F3N5O4S. The largest absolute Gasteiger partial charge is 0.573 e. The Morgan fingerprint density at radius 3 is 1.84 bits per heavy atom. The van der Waals surface area contributed by atoms with E-state index in [0.29, 0.717) is 32.1 Å². The first-order valence-corrected chi connectivity index (χ1v) is 11.4. The molecule has 2 aromatic rings. The second kappa shape index (κ2) is 9.08. The van der Waals surface area contributed by atoms with Gasteiger partial charge in [-0.2, -0.15) is 4.31 Å². The summed E-state index contributed by atoms with van der Waals surface area (Å²) in [6, 6.07) is 7.95. The molecule has 1 aromatic carbocycles. The maximum atomic E-state index is 12.8. The van der Waals surface area contributed by atoms with Crippen LogP contribution in [0.5, 0.6) is 5.75 Å². The van der Waals surface area contributed by atoms with Crippen molar-refractivity contribution in [2.24, 2.45) is 0 Å². The molecule has 32 heavy (non-hydrogen) atoms. The lowest BCUT2D eigenvalue weighted by Crippen LogP contribution is -2.49. The number of alkyl halides is 3. The molecule has 2 saturated heterocycles. The molecule has 0 N–H and O–H groups in total. The lowest BCUT2D eigenvalue weighted by Gasteiger charge is -2.34. The number of hydrogen-bond acceptors (Lipinski definition) is 8. The minimum Gasteiger partial charge on any atom is -0.406 e. The van der Waals surface area contributed by atoms with Gasteiger partial charge in [-0.05, 0) is 36.4 Å². The first-order valence-electron chi connectivity index (χ1n) is 10.00. The van der Waals surface area contributed by atoms with Gasteiger partial charge in [0.2, 0.25) is 10.0 Å². The maximum absolute atomic E-state index is 12.8. The Bertz CT molecular complexity index is 1000. The predicted octanol–water partition coefficient (Wildman–Crippen LogP) is 1.72. The minimum absolute atomic E-state index is 0.0878. The van der Waals surface area contributed by atoms with E-state index in [-0.39, 0.29) is 18.0 Å². The number of nitrogens with zero attached hydrogens (tertiary/aromatic N) is 5. The van der Waals surface area contributed by atoms with E-state index < -0.39 is 22.1 Å². The summed E-state index contributed by atoms with van der Waals surface area (Å²) < 4.78 is 73.0. The summed E-state index contributed by atoms with van der Waals surface area (Å²) in [5, 5.41) is 8.56. The Morgan fingerprint density at radius 2 is 1.34 bits per heavy atom. The van der Waals surface area contributed by atoms with Crippen LogP contribution in [0.4, 0.5) is 24.8 Å². The summed E-state index contributed by atoms with van der Waals surface area (Å²) in [5.74, 6) is 0.962. The fourth-order valence-electron chi connectivity index (χ4n) is 3.57. The highest BCUT2D eigenvalue weighted by atomic mass is 32.2. The number of aromatic nitrogens is 2. The van der Waals surface area contributed by atoms with Crippen molar-refractivity contribution < 1.29 is 31.1 Å². The van der Waals surface area contributed by atoms with Gasteiger partial charge in [-0.3, -0.25) is 0 Å². The van der Waals surface area contributed by atoms with Gasteiger partial charge in [0, 0.05) is 39.3 Å². The molecule has 3 heterocycles. The molecule has 0 amide bonds. The van der Waals surface area contributed by atoms with Gasteiger partial charge in [-0.15, -0.1) is 23.4 Å². The normalized spacial score (nSPS) is 18.6. The number of rotatable bonds is 5. The van der Waals surface area contributed by atoms with Crippen molar-refractivity contribution in [2.75, 3.05) is 62.3 Å². The van der Waals surface area contributed by atoms with Crippen molar-refractivity contribution in [1.82, 2.24) is 14.5 Å². The van der Waals surface area contributed by atoms with E-state index in [1.807, 2.05) is 17.0 Å². The number of halogens is 3. The fraction of sp³-hybridized carbons (Fsp3) is 0.474. The van der Waals surface area contributed by atoms with E-state index >= 15 is 0 Å². The molecule has 174 valence electrons. The average molecular weight is 473 g/mol. The highest BCUT2D eigenvalue weighted by Crippen LogP contribution is 2.26. The van der Waals surface area contributed by atoms with Gasteiger partial charge in [0.25, 0.3) is 0 Å². The van der Waals surface area contributed by atoms with Gasteiger partial charge in [0.15, 0.2) is 11.6 Å². The number of anilines is 2. The number of morpholine rings is 1. The SMILES string of the molecule is O=S(=O)(c1ccc(OC(F)(F)F)cc1)N1CCN(c2ccc(N3CCOCC3)nn2)CC1. The molecule has 4 rings (SSSR count). The summed E-state index contributed by atoms with van der Waals surface area (Å²) in [6.07, 6.45) is -4.83. The van der Waals surface area contributed by atoms with Crippen LogP contribution >= 0.6 is 0 Å². The van der Waals surface area contributed by atoms with Crippen LogP contribution in [0.25, 0.3) is 0 Å². The molecule has 0 unspecified atom stereocenters. The third-order valence-corrected chi connectivity index (χ3v) is 7.14. The summed E-state index contributed by atoms with van der Waals surface area (Å²) in [6.45, 7) is 4.09. The fourth-order valence-corrected chi connectivity index (χ4v) is 4.99. The quantitative estimate of drug-likeness (QED) is 0.649. The Balaban J connectivity index is 1.36. The molecule has 1 aromatic heterocycles. The van der Waals surface area contributed by atoms with Crippen LogP contribution in [0.2, 0.25) is 0 Å². The zero-order valence-electron chi connectivity index (χ0n) is 17.0. The summed E-state index contributed by atoms with van der Waals surface area (Å²) in [5.41, 5.74) is 0. The van der Waals surface area contributed by atoms with Crippen LogP contribution in [0, 0.1) is 0 Å². The highest BCUT2D eigenvalue weighted by Gasteiger charge is 2.32. The van der Waals surface area contributed by atoms with Gasteiger partial charge < -0.3 is 19.3 Å². The van der Waals surface area contributed by atoms with Crippen LogP contribution in [0.15, 0.2) is 41.3 Å². The van der Waals surface area contributed by atoms with Crippen LogP contribution < -0.4 is 14.5 Å². The van der Waals surface area contributed by atoms with Gasteiger partial charge >= 0.3 is 6.36 Å². The number of ether oxygens (including phenoxy) is 2. The number of sulfonamides is 1. The highest BCUT2D eigenvalue weighted by molar-refractivity contribution is 7.89. The third-order valence-electron chi connectivity index (χ3n) is 5.23. The van der Waals surface area contributed by atoms with E-state index in [1.165, 1.54) is 4.31 Å². The van der Waals surface area contributed by atoms with Crippen LogP contribution in [0.1, 0.15) is 0 Å². The first kappa shape index (κ1) is 22.6. The second-order valence-corrected chi connectivity index (χ2v) is 9.20.